The fourth-order valence-corrected chi connectivity index (χ4v) is 4.37. The van der Waals surface area contributed by atoms with Crippen LogP contribution in [0.1, 0.15) is 38.7 Å². The van der Waals surface area contributed by atoms with E-state index in [1.165, 1.54) is 0 Å². The van der Waals surface area contributed by atoms with E-state index < -0.39 is 0 Å². The fraction of sp³-hybridized carbons (Fsp3) is 0.708. The van der Waals surface area contributed by atoms with Crippen LogP contribution >= 0.6 is 0 Å². The lowest BCUT2D eigenvalue weighted by Gasteiger charge is -2.31. The normalized spacial score (nSPS) is 17.3. The molecule has 2 aliphatic heterocycles. The zero-order chi connectivity index (χ0) is 23.5. The molecule has 0 atom stereocenters. The summed E-state index contributed by atoms with van der Waals surface area (Å²) in [6, 6.07) is 3.89. The van der Waals surface area contributed by atoms with E-state index in [1.54, 1.807) is 6.20 Å². The van der Waals surface area contributed by atoms with Crippen molar-refractivity contribution < 1.29 is 14.3 Å². The maximum atomic E-state index is 12.6. The number of piperidine rings is 1. The number of hydrogen-bond acceptors (Lipinski definition) is 6. The second kappa shape index (κ2) is 13.3. The molecule has 2 N–H and O–H groups in total. The Morgan fingerprint density at radius 2 is 1.85 bits per heavy atom. The van der Waals surface area contributed by atoms with Crippen LogP contribution in [0.2, 0.25) is 0 Å². The number of urea groups is 1. The number of amides is 3. The standard InChI is InChI=1S/C24H40N6O3/c1-3-28(4-2)11-5-9-26-23(31)21-7-12-30(13-8-21)24(32)27-19-20-6-10-25-22(18-20)29-14-16-33-17-15-29/h6,10,18,21H,3-5,7-9,11-17,19H2,1-2H3,(H,26,31)(H,27,32). The summed E-state index contributed by atoms with van der Waals surface area (Å²) in [7, 11) is 0. The summed E-state index contributed by atoms with van der Waals surface area (Å²) in [5, 5.41) is 6.09. The number of carbonyl (C=O) groups excluding carboxylic acids is 2. The molecule has 2 aliphatic rings. The largest absolute Gasteiger partial charge is 0.378 e. The first-order chi connectivity index (χ1) is 16.1. The van der Waals surface area contributed by atoms with E-state index >= 15 is 0 Å². The van der Waals surface area contributed by atoms with Gasteiger partial charge in [0.05, 0.1) is 13.2 Å². The van der Waals surface area contributed by atoms with Gasteiger partial charge in [-0.25, -0.2) is 9.78 Å². The third kappa shape index (κ3) is 7.85. The highest BCUT2D eigenvalue weighted by Gasteiger charge is 2.27. The quantitative estimate of drug-likeness (QED) is 0.517. The van der Waals surface area contributed by atoms with Gasteiger partial charge < -0.3 is 30.1 Å². The molecule has 0 saturated carbocycles. The van der Waals surface area contributed by atoms with Gasteiger partial charge >= 0.3 is 6.03 Å². The fourth-order valence-electron chi connectivity index (χ4n) is 4.37. The summed E-state index contributed by atoms with van der Waals surface area (Å²) in [5.74, 6) is 1.05. The van der Waals surface area contributed by atoms with Gasteiger partial charge in [0.2, 0.25) is 5.91 Å². The second-order valence-electron chi connectivity index (χ2n) is 8.71. The molecular weight excluding hydrogens is 420 g/mol. The van der Waals surface area contributed by atoms with Crippen molar-refractivity contribution in [2.24, 2.45) is 5.92 Å². The molecule has 0 radical (unpaired) electrons. The summed E-state index contributed by atoms with van der Waals surface area (Å²) >= 11 is 0. The van der Waals surface area contributed by atoms with Gasteiger partial charge in [-0.1, -0.05) is 13.8 Å². The zero-order valence-electron chi connectivity index (χ0n) is 20.2. The number of hydrogen-bond donors (Lipinski definition) is 2. The first kappa shape index (κ1) is 25.2. The number of morpholine rings is 1. The Balaban J connectivity index is 1.35. The maximum Gasteiger partial charge on any atom is 0.317 e. The molecule has 0 unspecified atom stereocenters. The van der Waals surface area contributed by atoms with Gasteiger partial charge in [0.15, 0.2) is 0 Å². The van der Waals surface area contributed by atoms with Crippen molar-refractivity contribution in [3.63, 3.8) is 0 Å². The van der Waals surface area contributed by atoms with Crippen molar-refractivity contribution in [3.8, 4) is 0 Å². The van der Waals surface area contributed by atoms with Crippen molar-refractivity contribution in [1.82, 2.24) is 25.4 Å². The number of aromatic nitrogens is 1. The summed E-state index contributed by atoms with van der Waals surface area (Å²) in [5.41, 5.74) is 1.03. The van der Waals surface area contributed by atoms with Gasteiger partial charge in [0, 0.05) is 51.4 Å². The van der Waals surface area contributed by atoms with Gasteiger partial charge in [0.1, 0.15) is 5.82 Å². The van der Waals surface area contributed by atoms with Crippen LogP contribution in [0.25, 0.3) is 0 Å². The molecule has 0 aromatic carbocycles. The van der Waals surface area contributed by atoms with Gasteiger partial charge in [-0.2, -0.15) is 0 Å². The number of anilines is 1. The van der Waals surface area contributed by atoms with Crippen LogP contribution in [0.4, 0.5) is 10.6 Å². The number of likely N-dealkylation sites (tertiary alicyclic amines) is 1. The minimum absolute atomic E-state index is 0.00113. The van der Waals surface area contributed by atoms with E-state index in [2.05, 4.69) is 39.3 Å². The number of nitrogens with one attached hydrogen (secondary N) is 2. The Morgan fingerprint density at radius 1 is 1.12 bits per heavy atom. The van der Waals surface area contributed by atoms with Crippen molar-refractivity contribution in [2.45, 2.75) is 39.7 Å². The molecule has 0 bridgehead atoms. The van der Waals surface area contributed by atoms with E-state index in [-0.39, 0.29) is 17.9 Å². The Bertz CT molecular complexity index is 743. The molecule has 3 amide bonds. The smallest absolute Gasteiger partial charge is 0.317 e. The highest BCUT2D eigenvalue weighted by molar-refractivity contribution is 5.79. The second-order valence-corrected chi connectivity index (χ2v) is 8.71. The minimum Gasteiger partial charge on any atom is -0.378 e. The highest BCUT2D eigenvalue weighted by Crippen LogP contribution is 2.18. The van der Waals surface area contributed by atoms with Gasteiger partial charge in [-0.3, -0.25) is 4.79 Å². The van der Waals surface area contributed by atoms with Crippen molar-refractivity contribution in [3.05, 3.63) is 23.9 Å². The lowest BCUT2D eigenvalue weighted by molar-refractivity contribution is -0.126. The summed E-state index contributed by atoms with van der Waals surface area (Å²) < 4.78 is 5.40. The molecule has 1 aromatic rings. The van der Waals surface area contributed by atoms with E-state index in [1.807, 2.05) is 17.0 Å². The number of nitrogens with zero attached hydrogens (tertiary/aromatic N) is 4. The van der Waals surface area contributed by atoms with Crippen LogP contribution in [-0.2, 0) is 16.1 Å². The van der Waals surface area contributed by atoms with Crippen molar-refractivity contribution >= 4 is 17.8 Å². The van der Waals surface area contributed by atoms with Crippen LogP contribution in [0.5, 0.6) is 0 Å². The van der Waals surface area contributed by atoms with E-state index in [0.29, 0.717) is 52.2 Å². The lowest BCUT2D eigenvalue weighted by atomic mass is 9.96. The summed E-state index contributed by atoms with van der Waals surface area (Å²) in [4.78, 5) is 35.9. The number of ether oxygens (including phenoxy) is 1. The first-order valence-electron chi connectivity index (χ1n) is 12.4. The van der Waals surface area contributed by atoms with Gasteiger partial charge in [-0.05, 0) is 56.6 Å². The minimum atomic E-state index is -0.0715. The van der Waals surface area contributed by atoms with E-state index in [0.717, 1.165) is 50.5 Å². The molecule has 2 fully saturated rings. The number of pyridine rings is 1. The van der Waals surface area contributed by atoms with Crippen molar-refractivity contribution in [2.75, 3.05) is 70.5 Å². The first-order valence-corrected chi connectivity index (χ1v) is 12.4. The monoisotopic (exact) mass is 460 g/mol. The Labute approximate surface area is 197 Å². The molecular formula is C24H40N6O3. The Kier molecular flexibility index (Phi) is 10.2. The lowest BCUT2D eigenvalue weighted by Crippen LogP contribution is -2.46. The topological polar surface area (TPSA) is 90.0 Å². The van der Waals surface area contributed by atoms with Crippen LogP contribution in [0.3, 0.4) is 0 Å². The van der Waals surface area contributed by atoms with Gasteiger partial charge in [0.25, 0.3) is 0 Å². The Hall–Kier alpha value is -2.39. The highest BCUT2D eigenvalue weighted by atomic mass is 16.5. The average Bonchev–Trinajstić information content (AvgIpc) is 2.88. The molecule has 9 nitrogen and oxygen atoms in total. The predicted molar refractivity (Wildman–Crippen MR) is 129 cm³/mol. The number of rotatable bonds is 10. The van der Waals surface area contributed by atoms with Crippen LogP contribution in [0.15, 0.2) is 18.3 Å². The number of carbonyl (C=O) groups is 2. The molecule has 33 heavy (non-hydrogen) atoms. The SMILES string of the molecule is CCN(CC)CCCNC(=O)C1CCN(C(=O)NCc2ccnc(N3CCOCC3)c2)CC1. The zero-order valence-corrected chi connectivity index (χ0v) is 20.2. The van der Waals surface area contributed by atoms with Crippen LogP contribution < -0.4 is 15.5 Å². The average molecular weight is 461 g/mol. The van der Waals surface area contributed by atoms with E-state index in [4.69, 9.17) is 4.74 Å². The molecule has 0 spiro atoms. The Morgan fingerprint density at radius 3 is 2.55 bits per heavy atom. The summed E-state index contributed by atoms with van der Waals surface area (Å²) in [6.45, 7) is 12.9. The van der Waals surface area contributed by atoms with Gasteiger partial charge in [-0.15, -0.1) is 0 Å². The van der Waals surface area contributed by atoms with Crippen LogP contribution in [0, 0.1) is 5.92 Å². The maximum absolute atomic E-state index is 12.6. The molecule has 9 heteroatoms. The third-order valence-corrected chi connectivity index (χ3v) is 6.59. The van der Waals surface area contributed by atoms with Crippen LogP contribution in [-0.4, -0.2) is 92.3 Å². The third-order valence-electron chi connectivity index (χ3n) is 6.59. The molecule has 2 saturated heterocycles. The molecule has 184 valence electrons. The van der Waals surface area contributed by atoms with Crippen molar-refractivity contribution in [1.29, 1.82) is 0 Å². The molecule has 3 heterocycles. The van der Waals surface area contributed by atoms with E-state index in [9.17, 15) is 9.59 Å². The predicted octanol–water partition coefficient (Wildman–Crippen LogP) is 1.69. The molecule has 1 aromatic heterocycles. The molecule has 0 aliphatic carbocycles. The molecule has 3 rings (SSSR count). The summed E-state index contributed by atoms with van der Waals surface area (Å²) in [6.07, 6.45) is 4.19.